The van der Waals surface area contributed by atoms with Crippen LogP contribution in [0, 0.1) is 0 Å². The van der Waals surface area contributed by atoms with Crippen molar-refractivity contribution in [2.45, 2.75) is 13.8 Å². The first kappa shape index (κ1) is 12.1. The number of rotatable bonds is 3. The predicted molar refractivity (Wildman–Crippen MR) is 73.6 cm³/mol. The Morgan fingerprint density at radius 1 is 1.47 bits per heavy atom. The zero-order chi connectivity index (χ0) is 12.4. The largest absolute Gasteiger partial charge is 0.495 e. The number of thiazole rings is 1. The van der Waals surface area contributed by atoms with E-state index in [-0.39, 0.29) is 0 Å². The van der Waals surface area contributed by atoms with Crippen LogP contribution in [0.15, 0.2) is 17.2 Å². The van der Waals surface area contributed by atoms with Gasteiger partial charge in [-0.25, -0.2) is 4.98 Å². The van der Waals surface area contributed by atoms with E-state index in [9.17, 15) is 0 Å². The standard InChI is InChI=1S/C11H12ClN3OS/c1-6(2)14-15-11-13-8-4-7(12)9(16-3)5-10(8)17-11/h4-5H,1-3H3,(H,13,15). The third kappa shape index (κ3) is 2.68. The van der Waals surface area contributed by atoms with Gasteiger partial charge in [0.2, 0.25) is 5.13 Å². The highest BCUT2D eigenvalue weighted by Crippen LogP contribution is 2.34. The normalized spacial score (nSPS) is 10.4. The predicted octanol–water partition coefficient (Wildman–Crippen LogP) is 3.77. The Morgan fingerprint density at radius 2 is 2.24 bits per heavy atom. The molecule has 0 fully saturated rings. The van der Waals surface area contributed by atoms with Crippen LogP contribution in [-0.4, -0.2) is 17.8 Å². The van der Waals surface area contributed by atoms with Crippen molar-refractivity contribution < 1.29 is 4.74 Å². The molecule has 0 saturated heterocycles. The molecule has 0 atom stereocenters. The maximum absolute atomic E-state index is 6.03. The molecule has 0 bridgehead atoms. The first-order valence-corrected chi connectivity index (χ1v) is 6.20. The summed E-state index contributed by atoms with van der Waals surface area (Å²) in [7, 11) is 1.60. The fraction of sp³-hybridized carbons (Fsp3) is 0.273. The molecule has 0 aliphatic carbocycles. The number of hydrogen-bond donors (Lipinski definition) is 1. The molecule has 90 valence electrons. The molecule has 1 N–H and O–H groups in total. The molecule has 0 aliphatic heterocycles. The lowest BCUT2D eigenvalue weighted by atomic mass is 10.3. The fourth-order valence-electron chi connectivity index (χ4n) is 1.29. The highest BCUT2D eigenvalue weighted by molar-refractivity contribution is 7.22. The second-order valence-corrected chi connectivity index (χ2v) is 5.08. The van der Waals surface area contributed by atoms with E-state index in [0.29, 0.717) is 10.8 Å². The Balaban J connectivity index is 2.40. The second kappa shape index (κ2) is 4.89. The lowest BCUT2D eigenvalue weighted by molar-refractivity contribution is 0.415. The summed E-state index contributed by atoms with van der Waals surface area (Å²) in [6.07, 6.45) is 0. The molecule has 1 heterocycles. The van der Waals surface area contributed by atoms with Gasteiger partial charge in [-0.05, 0) is 19.9 Å². The molecule has 1 aromatic heterocycles. The highest BCUT2D eigenvalue weighted by Gasteiger charge is 2.08. The number of nitrogens with zero attached hydrogens (tertiary/aromatic N) is 2. The number of hydrogen-bond acceptors (Lipinski definition) is 5. The van der Waals surface area contributed by atoms with Gasteiger partial charge in [0.1, 0.15) is 5.75 Å². The van der Waals surface area contributed by atoms with Crippen LogP contribution in [0.1, 0.15) is 13.8 Å². The Morgan fingerprint density at radius 3 is 2.88 bits per heavy atom. The van der Waals surface area contributed by atoms with Crippen molar-refractivity contribution in [3.8, 4) is 5.75 Å². The van der Waals surface area contributed by atoms with Crippen LogP contribution >= 0.6 is 22.9 Å². The summed E-state index contributed by atoms with van der Waals surface area (Å²) in [5.41, 5.74) is 4.69. The van der Waals surface area contributed by atoms with Crippen molar-refractivity contribution in [3.05, 3.63) is 17.2 Å². The molecule has 0 unspecified atom stereocenters. The first-order valence-electron chi connectivity index (χ1n) is 5.01. The van der Waals surface area contributed by atoms with Gasteiger partial charge in [-0.2, -0.15) is 5.10 Å². The number of halogens is 1. The summed E-state index contributed by atoms with van der Waals surface area (Å²) in [4.78, 5) is 4.38. The minimum absolute atomic E-state index is 0.562. The molecule has 0 saturated carbocycles. The van der Waals surface area contributed by atoms with Gasteiger partial charge < -0.3 is 4.74 Å². The van der Waals surface area contributed by atoms with Crippen LogP contribution in [0.3, 0.4) is 0 Å². The molecule has 2 rings (SSSR count). The average molecular weight is 270 g/mol. The number of nitrogens with one attached hydrogen (secondary N) is 1. The van der Waals surface area contributed by atoms with Gasteiger partial charge in [-0.3, -0.25) is 5.43 Å². The van der Waals surface area contributed by atoms with E-state index < -0.39 is 0 Å². The van der Waals surface area contributed by atoms with E-state index in [1.807, 2.05) is 19.9 Å². The van der Waals surface area contributed by atoms with Crippen molar-refractivity contribution in [1.82, 2.24) is 4.98 Å². The number of anilines is 1. The maximum Gasteiger partial charge on any atom is 0.204 e. The van der Waals surface area contributed by atoms with Crippen LogP contribution in [0.25, 0.3) is 10.2 Å². The molecule has 6 heteroatoms. The SMILES string of the molecule is COc1cc2sc(NN=C(C)C)nc2cc1Cl. The fourth-order valence-corrected chi connectivity index (χ4v) is 2.35. The van der Waals surface area contributed by atoms with E-state index >= 15 is 0 Å². The van der Waals surface area contributed by atoms with E-state index in [4.69, 9.17) is 16.3 Å². The molecular formula is C11H12ClN3OS. The minimum Gasteiger partial charge on any atom is -0.495 e. The molecule has 17 heavy (non-hydrogen) atoms. The molecule has 0 amide bonds. The number of aromatic nitrogens is 1. The summed E-state index contributed by atoms with van der Waals surface area (Å²) in [6, 6.07) is 3.67. The monoisotopic (exact) mass is 269 g/mol. The summed E-state index contributed by atoms with van der Waals surface area (Å²) >= 11 is 7.54. The Labute approximate surface area is 108 Å². The molecule has 0 aliphatic rings. The minimum atomic E-state index is 0.562. The van der Waals surface area contributed by atoms with Gasteiger partial charge in [-0.15, -0.1) is 0 Å². The summed E-state index contributed by atoms with van der Waals surface area (Å²) in [6.45, 7) is 3.83. The van der Waals surface area contributed by atoms with Crippen molar-refractivity contribution in [2.24, 2.45) is 5.10 Å². The highest BCUT2D eigenvalue weighted by atomic mass is 35.5. The maximum atomic E-state index is 6.03. The van der Waals surface area contributed by atoms with Gasteiger partial charge in [0.05, 0.1) is 22.3 Å². The van der Waals surface area contributed by atoms with Crippen LogP contribution < -0.4 is 10.2 Å². The van der Waals surface area contributed by atoms with Gasteiger partial charge >= 0.3 is 0 Å². The van der Waals surface area contributed by atoms with Crippen molar-refractivity contribution in [3.63, 3.8) is 0 Å². The zero-order valence-corrected chi connectivity index (χ0v) is 11.3. The van der Waals surface area contributed by atoms with Crippen LogP contribution in [0.5, 0.6) is 5.75 Å². The summed E-state index contributed by atoms with van der Waals surface area (Å²) < 4.78 is 6.17. The van der Waals surface area contributed by atoms with Gasteiger partial charge in [-0.1, -0.05) is 22.9 Å². The molecule has 2 aromatic rings. The molecular weight excluding hydrogens is 258 g/mol. The van der Waals surface area contributed by atoms with Crippen molar-refractivity contribution in [1.29, 1.82) is 0 Å². The van der Waals surface area contributed by atoms with Crippen LogP contribution in [-0.2, 0) is 0 Å². The Kier molecular flexibility index (Phi) is 3.49. The van der Waals surface area contributed by atoms with Gasteiger partial charge in [0.15, 0.2) is 0 Å². The number of fused-ring (bicyclic) bond motifs is 1. The van der Waals surface area contributed by atoms with E-state index in [1.54, 1.807) is 13.2 Å². The van der Waals surface area contributed by atoms with Gasteiger partial charge in [0, 0.05) is 11.8 Å². The third-order valence-corrected chi connectivity index (χ3v) is 3.26. The van der Waals surface area contributed by atoms with E-state index in [2.05, 4.69) is 15.5 Å². The molecule has 4 nitrogen and oxygen atoms in total. The molecule has 0 spiro atoms. The Bertz CT molecular complexity index is 575. The quantitative estimate of drug-likeness (QED) is 0.682. The van der Waals surface area contributed by atoms with Crippen molar-refractivity contribution >= 4 is 44.0 Å². The third-order valence-electron chi connectivity index (χ3n) is 2.04. The zero-order valence-electron chi connectivity index (χ0n) is 9.74. The second-order valence-electron chi connectivity index (χ2n) is 3.64. The Hall–Kier alpha value is -1.33. The molecule has 0 radical (unpaired) electrons. The topological polar surface area (TPSA) is 46.5 Å². The average Bonchev–Trinajstić information content (AvgIpc) is 2.67. The van der Waals surface area contributed by atoms with E-state index in [0.717, 1.165) is 21.1 Å². The lowest BCUT2D eigenvalue weighted by Crippen LogP contribution is -1.91. The van der Waals surface area contributed by atoms with E-state index in [1.165, 1.54) is 11.3 Å². The van der Waals surface area contributed by atoms with Crippen molar-refractivity contribution in [2.75, 3.05) is 12.5 Å². The summed E-state index contributed by atoms with van der Waals surface area (Å²) in [5.74, 6) is 0.657. The number of benzene rings is 1. The first-order chi connectivity index (χ1) is 8.10. The van der Waals surface area contributed by atoms with Crippen LogP contribution in [0.4, 0.5) is 5.13 Å². The smallest absolute Gasteiger partial charge is 0.204 e. The molecule has 1 aromatic carbocycles. The van der Waals surface area contributed by atoms with Crippen LogP contribution in [0.2, 0.25) is 5.02 Å². The number of methoxy groups -OCH3 is 1. The van der Waals surface area contributed by atoms with Gasteiger partial charge in [0.25, 0.3) is 0 Å². The number of hydrazone groups is 1. The lowest BCUT2D eigenvalue weighted by Gasteiger charge is -2.00. The number of ether oxygens (including phenoxy) is 1. The summed E-state index contributed by atoms with van der Waals surface area (Å²) in [5, 5.41) is 5.41.